The molecular weight excluding hydrogens is 260 g/mol. The molecule has 19 heavy (non-hydrogen) atoms. The van der Waals surface area contributed by atoms with Crippen LogP contribution >= 0.6 is 0 Å². The number of para-hydroxylation sites is 1. The average molecular weight is 278 g/mol. The van der Waals surface area contributed by atoms with E-state index in [-0.39, 0.29) is 6.04 Å². The summed E-state index contributed by atoms with van der Waals surface area (Å²) in [5.74, 6) is 0.624. The van der Waals surface area contributed by atoms with Gasteiger partial charge in [0.1, 0.15) is 0 Å². The van der Waals surface area contributed by atoms with E-state index >= 15 is 0 Å². The Kier molecular flexibility index (Phi) is 3.33. The van der Waals surface area contributed by atoms with E-state index in [4.69, 9.17) is 0 Å². The summed E-state index contributed by atoms with van der Waals surface area (Å²) in [5.41, 5.74) is 2.44. The van der Waals surface area contributed by atoms with Crippen molar-refractivity contribution in [3.05, 3.63) is 36.0 Å². The molecule has 1 aromatic carbocycles. The lowest BCUT2D eigenvalue weighted by atomic mass is 10.1. The molecule has 1 aliphatic rings. The molecule has 1 unspecified atom stereocenters. The first-order valence-electron chi connectivity index (χ1n) is 6.63. The van der Waals surface area contributed by atoms with Crippen molar-refractivity contribution < 1.29 is 8.42 Å². The zero-order chi connectivity index (χ0) is 13.3. The number of hydrogen-bond donors (Lipinski definition) is 2. The largest absolute Gasteiger partial charge is 0.361 e. The minimum absolute atomic E-state index is 0.134. The van der Waals surface area contributed by atoms with Gasteiger partial charge >= 0.3 is 0 Å². The fourth-order valence-electron chi connectivity index (χ4n) is 2.71. The number of rotatable bonds is 4. The van der Waals surface area contributed by atoms with Crippen LogP contribution in [-0.4, -0.2) is 37.5 Å². The molecule has 1 saturated heterocycles. The summed E-state index contributed by atoms with van der Waals surface area (Å²) in [6.45, 7) is 0.821. The summed E-state index contributed by atoms with van der Waals surface area (Å²) in [4.78, 5) is 3.26. The van der Waals surface area contributed by atoms with E-state index in [0.717, 1.165) is 24.9 Å². The van der Waals surface area contributed by atoms with Crippen molar-refractivity contribution in [2.45, 2.75) is 18.9 Å². The highest BCUT2D eigenvalue weighted by atomic mass is 32.2. The molecule has 0 saturated carbocycles. The highest BCUT2D eigenvalue weighted by Gasteiger charge is 2.27. The van der Waals surface area contributed by atoms with Crippen molar-refractivity contribution >= 4 is 20.7 Å². The molecule has 1 fully saturated rings. The van der Waals surface area contributed by atoms with Gasteiger partial charge in [0, 0.05) is 23.1 Å². The van der Waals surface area contributed by atoms with Gasteiger partial charge in [0.2, 0.25) is 0 Å². The minimum atomic E-state index is -2.78. The van der Waals surface area contributed by atoms with E-state index in [9.17, 15) is 8.42 Å². The average Bonchev–Trinajstić information content (AvgIpc) is 2.94. The smallest absolute Gasteiger partial charge is 0.151 e. The van der Waals surface area contributed by atoms with E-state index < -0.39 is 9.84 Å². The van der Waals surface area contributed by atoms with Gasteiger partial charge in [-0.2, -0.15) is 0 Å². The number of nitrogens with one attached hydrogen (secondary N) is 2. The Morgan fingerprint density at radius 3 is 2.95 bits per heavy atom. The monoisotopic (exact) mass is 278 g/mol. The minimum Gasteiger partial charge on any atom is -0.361 e. The number of sulfone groups is 1. The quantitative estimate of drug-likeness (QED) is 0.890. The third kappa shape index (κ3) is 2.82. The molecule has 0 spiro atoms. The van der Waals surface area contributed by atoms with Crippen molar-refractivity contribution in [3.63, 3.8) is 0 Å². The third-order valence-electron chi connectivity index (χ3n) is 3.73. The van der Waals surface area contributed by atoms with Crippen LogP contribution in [0.2, 0.25) is 0 Å². The lowest BCUT2D eigenvalue weighted by Crippen LogP contribution is -2.31. The first-order valence-corrected chi connectivity index (χ1v) is 8.45. The fraction of sp³-hybridized carbons (Fsp3) is 0.429. The summed E-state index contributed by atoms with van der Waals surface area (Å²) >= 11 is 0. The lowest BCUT2D eigenvalue weighted by molar-refractivity contribution is 0.557. The SMILES string of the molecule is O=S1(=O)CCC(NCCc2c[nH]c3ccccc23)C1. The van der Waals surface area contributed by atoms with Gasteiger partial charge in [0.15, 0.2) is 9.84 Å². The molecule has 4 nitrogen and oxygen atoms in total. The van der Waals surface area contributed by atoms with Crippen LogP contribution in [0.25, 0.3) is 10.9 Å². The molecule has 1 aromatic heterocycles. The van der Waals surface area contributed by atoms with Crippen molar-refractivity contribution in [2.75, 3.05) is 18.1 Å². The van der Waals surface area contributed by atoms with Gasteiger partial charge in [0.25, 0.3) is 0 Å². The van der Waals surface area contributed by atoms with Crippen LogP contribution in [-0.2, 0) is 16.3 Å². The summed E-state index contributed by atoms with van der Waals surface area (Å²) in [5, 5.41) is 4.60. The van der Waals surface area contributed by atoms with Crippen LogP contribution in [0, 0.1) is 0 Å². The first-order chi connectivity index (χ1) is 9.14. The normalized spacial score (nSPS) is 22.0. The van der Waals surface area contributed by atoms with Gasteiger partial charge in [-0.3, -0.25) is 0 Å². The summed E-state index contributed by atoms with van der Waals surface area (Å²) in [7, 11) is -2.78. The topological polar surface area (TPSA) is 62.0 Å². The second-order valence-corrected chi connectivity index (χ2v) is 7.39. The predicted molar refractivity (Wildman–Crippen MR) is 77.1 cm³/mol. The molecule has 0 amide bonds. The number of benzene rings is 1. The van der Waals surface area contributed by atoms with Crippen LogP contribution < -0.4 is 5.32 Å². The second kappa shape index (κ2) is 4.98. The molecule has 2 aromatic rings. The number of hydrogen-bond acceptors (Lipinski definition) is 3. The Morgan fingerprint density at radius 1 is 1.32 bits per heavy atom. The van der Waals surface area contributed by atoms with E-state index in [1.54, 1.807) is 0 Å². The maximum atomic E-state index is 11.4. The van der Waals surface area contributed by atoms with E-state index in [1.807, 2.05) is 18.3 Å². The Hall–Kier alpha value is -1.33. The Morgan fingerprint density at radius 2 is 2.16 bits per heavy atom. The van der Waals surface area contributed by atoms with Crippen LogP contribution in [0.3, 0.4) is 0 Å². The van der Waals surface area contributed by atoms with Crippen molar-refractivity contribution in [3.8, 4) is 0 Å². The van der Waals surface area contributed by atoms with Gasteiger partial charge in [-0.25, -0.2) is 8.42 Å². The van der Waals surface area contributed by atoms with Gasteiger partial charge in [-0.15, -0.1) is 0 Å². The summed E-state index contributed by atoms with van der Waals surface area (Å²) < 4.78 is 22.7. The number of aromatic nitrogens is 1. The van der Waals surface area contributed by atoms with Gasteiger partial charge in [-0.05, 0) is 31.0 Å². The maximum Gasteiger partial charge on any atom is 0.151 e. The van der Waals surface area contributed by atoms with E-state index in [1.165, 1.54) is 10.9 Å². The summed E-state index contributed by atoms with van der Waals surface area (Å²) in [6, 6.07) is 8.37. The fourth-order valence-corrected chi connectivity index (χ4v) is 4.41. The first kappa shape index (κ1) is 12.7. The van der Waals surface area contributed by atoms with Crippen LogP contribution in [0.1, 0.15) is 12.0 Å². The lowest BCUT2D eigenvalue weighted by Gasteiger charge is -2.09. The van der Waals surface area contributed by atoms with Gasteiger partial charge < -0.3 is 10.3 Å². The predicted octanol–water partition coefficient (Wildman–Crippen LogP) is 1.49. The van der Waals surface area contributed by atoms with Crippen molar-refractivity contribution in [1.82, 2.24) is 10.3 Å². The number of H-pyrrole nitrogens is 1. The van der Waals surface area contributed by atoms with Gasteiger partial charge in [0.05, 0.1) is 11.5 Å². The Balaban J connectivity index is 1.58. The van der Waals surface area contributed by atoms with Gasteiger partial charge in [-0.1, -0.05) is 18.2 Å². The molecule has 2 heterocycles. The van der Waals surface area contributed by atoms with E-state index in [2.05, 4.69) is 22.4 Å². The molecule has 0 bridgehead atoms. The molecule has 0 radical (unpaired) electrons. The number of aromatic amines is 1. The number of fused-ring (bicyclic) bond motifs is 1. The Bertz CT molecular complexity index is 676. The zero-order valence-electron chi connectivity index (χ0n) is 10.7. The highest BCUT2D eigenvalue weighted by molar-refractivity contribution is 7.91. The maximum absolute atomic E-state index is 11.4. The van der Waals surface area contributed by atoms with Crippen molar-refractivity contribution in [1.29, 1.82) is 0 Å². The molecule has 102 valence electrons. The molecule has 2 N–H and O–H groups in total. The molecule has 1 aliphatic heterocycles. The molecular formula is C14H18N2O2S. The zero-order valence-corrected chi connectivity index (χ0v) is 11.5. The Labute approximate surface area is 113 Å². The molecule has 1 atom stereocenters. The third-order valence-corrected chi connectivity index (χ3v) is 5.50. The second-order valence-electron chi connectivity index (χ2n) is 5.16. The van der Waals surface area contributed by atoms with Crippen LogP contribution in [0.15, 0.2) is 30.5 Å². The highest BCUT2D eigenvalue weighted by Crippen LogP contribution is 2.18. The summed E-state index contributed by atoms with van der Waals surface area (Å²) in [6.07, 6.45) is 3.70. The van der Waals surface area contributed by atoms with Crippen molar-refractivity contribution in [2.24, 2.45) is 0 Å². The standard InChI is InChI=1S/C14H18N2O2S/c17-19(18)8-6-12(10-19)15-7-5-11-9-16-14-4-2-1-3-13(11)14/h1-4,9,12,15-16H,5-8,10H2. The molecule has 3 rings (SSSR count). The molecule has 5 heteroatoms. The van der Waals surface area contributed by atoms with E-state index in [0.29, 0.717) is 11.5 Å². The molecule has 0 aliphatic carbocycles. The van der Waals surface area contributed by atoms with Crippen LogP contribution in [0.5, 0.6) is 0 Å². The van der Waals surface area contributed by atoms with Crippen LogP contribution in [0.4, 0.5) is 0 Å².